The van der Waals surface area contributed by atoms with Gasteiger partial charge in [0.1, 0.15) is 5.57 Å². The Hall–Kier alpha value is -2.56. The fraction of sp³-hybridized carbons (Fsp3) is 0.368. The Balaban J connectivity index is 1.98. The molecule has 3 rings (SSSR count). The molecule has 0 saturated carbocycles. The number of likely N-dealkylation sites (N-methyl/N-ethyl adjacent to an activating group) is 1. The molecular weight excluding hydrogens is 306 g/mol. The second kappa shape index (κ2) is 5.23. The first-order chi connectivity index (χ1) is 11.1. The first kappa shape index (κ1) is 16.3. The Kier molecular flexibility index (Phi) is 3.55. The molecule has 1 fully saturated rings. The van der Waals surface area contributed by atoms with Crippen LogP contribution in [0.15, 0.2) is 47.7 Å². The maximum Gasteiger partial charge on any atom is 0.348 e. The largest absolute Gasteiger partial charge is 0.419 e. The molecule has 2 aliphatic heterocycles. The van der Waals surface area contributed by atoms with Crippen molar-refractivity contribution in [3.8, 4) is 0 Å². The predicted octanol–water partition coefficient (Wildman–Crippen LogP) is 3.06. The Morgan fingerprint density at radius 2 is 1.54 bits per heavy atom. The van der Waals surface area contributed by atoms with Crippen LogP contribution in [0.5, 0.6) is 0 Å². The molecule has 0 N–H and O–H groups in total. The van der Waals surface area contributed by atoms with E-state index in [0.717, 1.165) is 11.4 Å². The lowest BCUT2D eigenvalue weighted by atomic mass is 9.83. The minimum atomic E-state index is -1.22. The molecule has 0 amide bonds. The van der Waals surface area contributed by atoms with Crippen LogP contribution in [0.4, 0.5) is 5.69 Å². The average molecular weight is 327 g/mol. The molecule has 5 heteroatoms. The molecule has 1 aromatic rings. The molecule has 1 saturated heterocycles. The van der Waals surface area contributed by atoms with E-state index in [0.29, 0.717) is 0 Å². The number of allylic oxidation sites excluding steroid dienone is 3. The zero-order valence-electron chi connectivity index (χ0n) is 14.5. The number of fused-ring (bicyclic) bond motifs is 1. The van der Waals surface area contributed by atoms with Gasteiger partial charge in [-0.2, -0.15) is 0 Å². The number of hydrogen-bond donors (Lipinski definition) is 0. The van der Waals surface area contributed by atoms with Crippen molar-refractivity contribution in [1.82, 2.24) is 0 Å². The number of carbonyl (C=O) groups excluding carboxylic acids is 2. The lowest BCUT2D eigenvalue weighted by Gasteiger charge is -2.29. The van der Waals surface area contributed by atoms with E-state index in [1.165, 1.54) is 25.5 Å². The summed E-state index contributed by atoms with van der Waals surface area (Å²) in [6.07, 6.45) is 3.27. The number of esters is 2. The summed E-state index contributed by atoms with van der Waals surface area (Å²) in [6.45, 7) is 7.28. The predicted molar refractivity (Wildman–Crippen MR) is 90.3 cm³/mol. The number of rotatable bonds is 1. The van der Waals surface area contributed by atoms with Crippen LogP contribution in [0.1, 0.15) is 33.3 Å². The molecule has 2 heterocycles. The number of ether oxygens (including phenoxy) is 2. The van der Waals surface area contributed by atoms with Crippen molar-refractivity contribution in [2.75, 3.05) is 11.9 Å². The molecule has 2 aliphatic rings. The summed E-state index contributed by atoms with van der Waals surface area (Å²) in [5, 5.41) is 0. The number of benzene rings is 1. The van der Waals surface area contributed by atoms with Crippen LogP contribution in [0.3, 0.4) is 0 Å². The quantitative estimate of drug-likeness (QED) is 0.451. The first-order valence-corrected chi connectivity index (χ1v) is 7.86. The van der Waals surface area contributed by atoms with E-state index in [-0.39, 0.29) is 11.0 Å². The summed E-state index contributed by atoms with van der Waals surface area (Å²) in [7, 11) is 1.97. The molecule has 0 atom stereocenters. The van der Waals surface area contributed by atoms with Gasteiger partial charge >= 0.3 is 11.9 Å². The molecule has 24 heavy (non-hydrogen) atoms. The number of nitrogens with zero attached hydrogens (tertiary/aromatic N) is 1. The summed E-state index contributed by atoms with van der Waals surface area (Å²) >= 11 is 0. The highest BCUT2D eigenvalue weighted by molar-refractivity contribution is 6.15. The van der Waals surface area contributed by atoms with Crippen molar-refractivity contribution >= 4 is 17.6 Å². The van der Waals surface area contributed by atoms with Gasteiger partial charge < -0.3 is 14.4 Å². The highest BCUT2D eigenvalue weighted by Gasteiger charge is 2.40. The minimum Gasteiger partial charge on any atom is -0.419 e. The third-order valence-corrected chi connectivity index (χ3v) is 4.47. The van der Waals surface area contributed by atoms with E-state index in [9.17, 15) is 9.59 Å². The van der Waals surface area contributed by atoms with Crippen molar-refractivity contribution in [2.45, 2.75) is 38.9 Å². The van der Waals surface area contributed by atoms with E-state index in [1.807, 2.05) is 19.2 Å². The molecule has 126 valence electrons. The van der Waals surface area contributed by atoms with E-state index < -0.39 is 17.7 Å². The first-order valence-electron chi connectivity index (χ1n) is 7.86. The topological polar surface area (TPSA) is 55.8 Å². The summed E-state index contributed by atoms with van der Waals surface area (Å²) in [5.74, 6) is -2.55. The van der Waals surface area contributed by atoms with Crippen LogP contribution in [0.2, 0.25) is 0 Å². The van der Waals surface area contributed by atoms with Crippen LogP contribution in [-0.4, -0.2) is 24.8 Å². The van der Waals surface area contributed by atoms with Gasteiger partial charge in [-0.25, -0.2) is 9.59 Å². The summed E-state index contributed by atoms with van der Waals surface area (Å²) in [4.78, 5) is 26.2. The van der Waals surface area contributed by atoms with Gasteiger partial charge in [-0.15, -0.1) is 0 Å². The third kappa shape index (κ3) is 2.50. The Morgan fingerprint density at radius 3 is 2.12 bits per heavy atom. The molecule has 0 bridgehead atoms. The average Bonchev–Trinajstić information content (AvgIpc) is 2.66. The van der Waals surface area contributed by atoms with Crippen LogP contribution in [-0.2, 0) is 24.5 Å². The molecule has 0 radical (unpaired) electrons. The van der Waals surface area contributed by atoms with E-state index >= 15 is 0 Å². The number of anilines is 1. The van der Waals surface area contributed by atoms with Crippen LogP contribution in [0, 0.1) is 0 Å². The SMILES string of the molecule is CN1/C(=C\C=C2C(=O)OC(C)(C)OC2=O)C(C)(C)c2ccccc21. The number of para-hydroxylation sites is 1. The Morgan fingerprint density at radius 1 is 0.958 bits per heavy atom. The van der Waals surface area contributed by atoms with E-state index in [4.69, 9.17) is 9.47 Å². The fourth-order valence-corrected chi connectivity index (χ4v) is 3.26. The van der Waals surface area contributed by atoms with Crippen molar-refractivity contribution in [3.05, 3.63) is 53.3 Å². The number of hydrogen-bond acceptors (Lipinski definition) is 5. The molecule has 1 aromatic carbocycles. The van der Waals surface area contributed by atoms with Crippen molar-refractivity contribution in [1.29, 1.82) is 0 Å². The maximum atomic E-state index is 12.1. The Bertz CT molecular complexity index is 764. The van der Waals surface area contributed by atoms with Gasteiger partial charge in [0.25, 0.3) is 5.79 Å². The normalized spacial score (nSPS) is 23.0. The summed E-state index contributed by atoms with van der Waals surface area (Å²) in [5.41, 5.74) is 2.97. The van der Waals surface area contributed by atoms with Gasteiger partial charge in [0.05, 0.1) is 0 Å². The standard InChI is InChI=1S/C19H21NO4/c1-18(2)13-8-6-7-9-14(13)20(5)15(18)11-10-12-16(21)23-19(3,4)24-17(12)22/h6-11H,1-5H3/b15-11-. The van der Waals surface area contributed by atoms with Crippen LogP contribution < -0.4 is 4.90 Å². The smallest absolute Gasteiger partial charge is 0.348 e. The van der Waals surface area contributed by atoms with Gasteiger partial charge in [0.2, 0.25) is 0 Å². The van der Waals surface area contributed by atoms with Crippen molar-refractivity contribution < 1.29 is 19.1 Å². The van der Waals surface area contributed by atoms with E-state index in [1.54, 1.807) is 6.08 Å². The lowest BCUT2D eigenvalue weighted by Crippen LogP contribution is -2.41. The van der Waals surface area contributed by atoms with Gasteiger partial charge in [-0.05, 0) is 23.8 Å². The van der Waals surface area contributed by atoms with Crippen LogP contribution >= 0.6 is 0 Å². The molecule has 5 nitrogen and oxygen atoms in total. The van der Waals surface area contributed by atoms with Crippen molar-refractivity contribution in [3.63, 3.8) is 0 Å². The highest BCUT2D eigenvalue weighted by atomic mass is 16.7. The second-order valence-electron chi connectivity index (χ2n) is 7.01. The molecule has 0 aromatic heterocycles. The van der Waals surface area contributed by atoms with Gasteiger partial charge in [-0.1, -0.05) is 32.0 Å². The van der Waals surface area contributed by atoms with Gasteiger partial charge in [0, 0.05) is 37.7 Å². The third-order valence-electron chi connectivity index (χ3n) is 4.47. The maximum absolute atomic E-state index is 12.1. The molecule has 0 spiro atoms. The fourth-order valence-electron chi connectivity index (χ4n) is 3.26. The van der Waals surface area contributed by atoms with E-state index in [2.05, 4.69) is 30.9 Å². The summed E-state index contributed by atoms with van der Waals surface area (Å²) in [6, 6.07) is 8.14. The van der Waals surface area contributed by atoms with Gasteiger partial charge in [0.15, 0.2) is 0 Å². The molecule has 0 aliphatic carbocycles. The van der Waals surface area contributed by atoms with Crippen LogP contribution in [0.25, 0.3) is 0 Å². The Labute approximate surface area is 141 Å². The molecule has 0 unspecified atom stereocenters. The summed E-state index contributed by atoms with van der Waals surface area (Å²) < 4.78 is 10.2. The minimum absolute atomic E-state index is 0.0954. The second-order valence-corrected chi connectivity index (χ2v) is 7.01. The highest BCUT2D eigenvalue weighted by Crippen LogP contribution is 2.46. The number of carbonyl (C=O) groups is 2. The number of cyclic esters (lactones) is 2. The molecular formula is C19H21NO4. The monoisotopic (exact) mass is 327 g/mol. The van der Waals surface area contributed by atoms with Crippen molar-refractivity contribution in [2.24, 2.45) is 0 Å². The van der Waals surface area contributed by atoms with Gasteiger partial charge in [-0.3, -0.25) is 0 Å². The zero-order chi connectivity index (χ0) is 17.7. The lowest BCUT2D eigenvalue weighted by molar-refractivity contribution is -0.222. The zero-order valence-corrected chi connectivity index (χ0v) is 14.5.